The highest BCUT2D eigenvalue weighted by Gasteiger charge is 2.43. The zero-order chi connectivity index (χ0) is 7.73. The fraction of sp³-hybridized carbons (Fsp3) is 1.00. The van der Waals surface area contributed by atoms with E-state index in [9.17, 15) is 0 Å². The third-order valence-corrected chi connectivity index (χ3v) is 2.36. The number of ether oxygens (including phenoxy) is 2. The van der Waals surface area contributed by atoms with Crippen LogP contribution in [0.15, 0.2) is 0 Å². The van der Waals surface area contributed by atoms with Crippen LogP contribution in [0.4, 0.5) is 0 Å². The van der Waals surface area contributed by atoms with Crippen LogP contribution in [0.2, 0.25) is 0 Å². The molecule has 0 bridgehead atoms. The van der Waals surface area contributed by atoms with E-state index in [1.807, 2.05) is 0 Å². The minimum Gasteiger partial charge on any atom is -0.346 e. The van der Waals surface area contributed by atoms with E-state index in [4.69, 9.17) is 15.2 Å². The van der Waals surface area contributed by atoms with Crippen molar-refractivity contribution in [3.05, 3.63) is 0 Å². The lowest BCUT2D eigenvalue weighted by Crippen LogP contribution is -2.59. The molecule has 1 unspecified atom stereocenters. The zero-order valence-corrected chi connectivity index (χ0v) is 6.51. The van der Waals surface area contributed by atoms with E-state index < -0.39 is 5.79 Å². The largest absolute Gasteiger partial charge is 0.346 e. The van der Waals surface area contributed by atoms with Gasteiger partial charge in [0.1, 0.15) is 0 Å². The Kier molecular flexibility index (Phi) is 1.85. The van der Waals surface area contributed by atoms with Crippen molar-refractivity contribution in [1.82, 2.24) is 5.32 Å². The van der Waals surface area contributed by atoms with E-state index in [0.717, 1.165) is 19.5 Å². The molecule has 2 aliphatic heterocycles. The Morgan fingerprint density at radius 3 is 2.73 bits per heavy atom. The molecule has 0 saturated carbocycles. The van der Waals surface area contributed by atoms with Crippen LogP contribution in [-0.2, 0) is 9.47 Å². The van der Waals surface area contributed by atoms with Crippen LogP contribution in [0.1, 0.15) is 6.42 Å². The molecule has 2 rings (SSSR count). The Labute approximate surface area is 66.0 Å². The monoisotopic (exact) mass is 158 g/mol. The molecule has 2 aliphatic rings. The van der Waals surface area contributed by atoms with Gasteiger partial charge in [0.2, 0.25) is 0 Å². The lowest BCUT2D eigenvalue weighted by Gasteiger charge is -2.37. The fourth-order valence-electron chi connectivity index (χ4n) is 1.69. The molecule has 0 aromatic rings. The Bertz CT molecular complexity index is 145. The number of nitrogens with one attached hydrogen (secondary N) is 1. The smallest absolute Gasteiger partial charge is 0.186 e. The minimum atomic E-state index is -0.453. The molecule has 3 N–H and O–H groups in total. The van der Waals surface area contributed by atoms with Crippen LogP contribution >= 0.6 is 0 Å². The van der Waals surface area contributed by atoms with Gasteiger partial charge in [0.25, 0.3) is 0 Å². The molecule has 2 heterocycles. The second-order valence-corrected chi connectivity index (χ2v) is 3.07. The van der Waals surface area contributed by atoms with E-state index in [2.05, 4.69) is 5.32 Å². The van der Waals surface area contributed by atoms with Gasteiger partial charge in [-0.1, -0.05) is 0 Å². The lowest BCUT2D eigenvalue weighted by atomic mass is 10.0. The molecular formula is C7H14N2O2. The molecule has 4 heteroatoms. The molecule has 0 aromatic heterocycles. The van der Waals surface area contributed by atoms with Crippen molar-refractivity contribution in [1.29, 1.82) is 0 Å². The van der Waals surface area contributed by atoms with E-state index in [-0.39, 0.29) is 6.04 Å². The Hall–Kier alpha value is -0.160. The summed E-state index contributed by atoms with van der Waals surface area (Å²) in [4.78, 5) is 0. The predicted octanol–water partition coefficient (Wildman–Crippen LogP) is -0.950. The molecule has 0 aliphatic carbocycles. The molecule has 0 radical (unpaired) electrons. The summed E-state index contributed by atoms with van der Waals surface area (Å²) in [6.45, 7) is 3.11. The maximum atomic E-state index is 5.86. The summed E-state index contributed by atoms with van der Waals surface area (Å²) >= 11 is 0. The Balaban J connectivity index is 2.07. The lowest BCUT2D eigenvalue weighted by molar-refractivity contribution is -0.183. The van der Waals surface area contributed by atoms with Gasteiger partial charge < -0.3 is 20.5 Å². The topological polar surface area (TPSA) is 56.5 Å². The zero-order valence-electron chi connectivity index (χ0n) is 6.51. The Morgan fingerprint density at radius 1 is 1.36 bits per heavy atom. The van der Waals surface area contributed by atoms with E-state index in [1.165, 1.54) is 0 Å². The maximum Gasteiger partial charge on any atom is 0.186 e. The first-order valence-electron chi connectivity index (χ1n) is 4.08. The molecule has 1 spiro atoms. The van der Waals surface area contributed by atoms with Gasteiger partial charge >= 0.3 is 0 Å². The van der Waals surface area contributed by atoms with Crippen LogP contribution in [0.25, 0.3) is 0 Å². The molecule has 2 fully saturated rings. The minimum absolute atomic E-state index is 0.0150. The van der Waals surface area contributed by atoms with E-state index in [1.54, 1.807) is 0 Å². The molecular weight excluding hydrogens is 144 g/mol. The van der Waals surface area contributed by atoms with Gasteiger partial charge in [0, 0.05) is 19.5 Å². The molecule has 4 nitrogen and oxygen atoms in total. The maximum absolute atomic E-state index is 5.86. The van der Waals surface area contributed by atoms with Gasteiger partial charge in [-0.25, -0.2) is 0 Å². The quantitative estimate of drug-likeness (QED) is 0.477. The summed E-state index contributed by atoms with van der Waals surface area (Å²) in [5.41, 5.74) is 5.86. The molecule has 0 aromatic carbocycles. The normalized spacial score (nSPS) is 36.3. The third-order valence-electron chi connectivity index (χ3n) is 2.36. The third kappa shape index (κ3) is 1.16. The highest BCUT2D eigenvalue weighted by molar-refractivity contribution is 4.91. The first-order valence-corrected chi connectivity index (χ1v) is 4.08. The average molecular weight is 158 g/mol. The fourth-order valence-corrected chi connectivity index (χ4v) is 1.69. The van der Waals surface area contributed by atoms with E-state index >= 15 is 0 Å². The molecule has 1 atom stereocenters. The summed E-state index contributed by atoms with van der Waals surface area (Å²) < 4.78 is 11.0. The highest BCUT2D eigenvalue weighted by Crippen LogP contribution is 2.27. The number of hydrogen-bond donors (Lipinski definition) is 2. The summed E-state index contributed by atoms with van der Waals surface area (Å²) in [6, 6.07) is -0.0150. The highest BCUT2D eigenvalue weighted by atomic mass is 16.7. The second kappa shape index (κ2) is 2.71. The van der Waals surface area contributed by atoms with Crippen LogP contribution in [0, 0.1) is 0 Å². The van der Waals surface area contributed by atoms with Crippen LogP contribution < -0.4 is 11.1 Å². The van der Waals surface area contributed by atoms with Crippen LogP contribution in [-0.4, -0.2) is 38.1 Å². The van der Waals surface area contributed by atoms with Crippen LogP contribution in [0.5, 0.6) is 0 Å². The van der Waals surface area contributed by atoms with Gasteiger partial charge in [0.15, 0.2) is 5.79 Å². The molecule has 11 heavy (non-hydrogen) atoms. The van der Waals surface area contributed by atoms with Gasteiger partial charge in [0.05, 0.1) is 19.3 Å². The van der Waals surface area contributed by atoms with Crippen molar-refractivity contribution in [2.75, 3.05) is 26.3 Å². The molecule has 2 saturated heterocycles. The van der Waals surface area contributed by atoms with Gasteiger partial charge in [-0.15, -0.1) is 0 Å². The first kappa shape index (κ1) is 7.49. The Morgan fingerprint density at radius 2 is 2.09 bits per heavy atom. The summed E-state index contributed by atoms with van der Waals surface area (Å²) in [7, 11) is 0. The van der Waals surface area contributed by atoms with Crippen molar-refractivity contribution >= 4 is 0 Å². The first-order chi connectivity index (χ1) is 5.33. The molecule has 0 amide bonds. The van der Waals surface area contributed by atoms with Crippen molar-refractivity contribution in [3.8, 4) is 0 Å². The van der Waals surface area contributed by atoms with Crippen molar-refractivity contribution in [2.45, 2.75) is 18.2 Å². The van der Waals surface area contributed by atoms with E-state index in [0.29, 0.717) is 13.2 Å². The molecule has 64 valence electrons. The standard InChI is InChI=1S/C7H14N2O2/c8-6-5-9-2-1-7(6)10-3-4-11-7/h6,9H,1-5,8H2. The van der Waals surface area contributed by atoms with Crippen molar-refractivity contribution < 1.29 is 9.47 Å². The van der Waals surface area contributed by atoms with Crippen molar-refractivity contribution in [3.63, 3.8) is 0 Å². The van der Waals surface area contributed by atoms with Gasteiger partial charge in [-0.05, 0) is 0 Å². The number of piperidine rings is 1. The summed E-state index contributed by atoms with van der Waals surface area (Å²) in [5, 5.41) is 3.20. The predicted molar refractivity (Wildman–Crippen MR) is 40.1 cm³/mol. The van der Waals surface area contributed by atoms with Crippen molar-refractivity contribution in [2.24, 2.45) is 5.73 Å². The van der Waals surface area contributed by atoms with Gasteiger partial charge in [-0.3, -0.25) is 0 Å². The van der Waals surface area contributed by atoms with Gasteiger partial charge in [-0.2, -0.15) is 0 Å². The summed E-state index contributed by atoms with van der Waals surface area (Å²) in [5.74, 6) is -0.453. The second-order valence-electron chi connectivity index (χ2n) is 3.07. The number of hydrogen-bond acceptors (Lipinski definition) is 4. The number of rotatable bonds is 0. The van der Waals surface area contributed by atoms with Crippen LogP contribution in [0.3, 0.4) is 0 Å². The average Bonchev–Trinajstić information content (AvgIpc) is 2.46. The SMILES string of the molecule is NC1CNCCC12OCCO2. The summed E-state index contributed by atoms with van der Waals surface area (Å²) in [6.07, 6.45) is 0.869. The number of nitrogens with two attached hydrogens (primary N) is 1.